The molecule has 1 unspecified atom stereocenters. The first-order valence-corrected chi connectivity index (χ1v) is 8.43. The normalized spacial score (nSPS) is 17.6. The molecule has 0 N–H and O–H groups in total. The van der Waals surface area contributed by atoms with Gasteiger partial charge < -0.3 is 9.30 Å². The molecule has 0 amide bonds. The Hall–Kier alpha value is -2.00. The molecular weight excluding hydrogens is 306 g/mol. The minimum Gasteiger partial charge on any atom is -0.361 e. The van der Waals surface area contributed by atoms with E-state index >= 15 is 0 Å². The number of rotatable bonds is 1. The van der Waals surface area contributed by atoms with Gasteiger partial charge in [0.05, 0.1) is 17.4 Å². The highest BCUT2D eigenvalue weighted by Gasteiger charge is 2.26. The van der Waals surface area contributed by atoms with Crippen molar-refractivity contribution in [1.82, 2.24) is 9.38 Å². The molecule has 1 aliphatic rings. The largest absolute Gasteiger partial charge is 0.361 e. The zero-order chi connectivity index (χ0) is 16.1. The Morgan fingerprint density at radius 2 is 2.04 bits per heavy atom. The zero-order valence-corrected chi connectivity index (χ0v) is 14.4. The van der Waals surface area contributed by atoms with Gasteiger partial charge in [-0.05, 0) is 62.6 Å². The summed E-state index contributed by atoms with van der Waals surface area (Å²) in [6, 6.07) is 10.9. The van der Waals surface area contributed by atoms with Gasteiger partial charge in [-0.15, -0.1) is 0 Å². The summed E-state index contributed by atoms with van der Waals surface area (Å²) in [6.07, 6.45) is 3.11. The average molecular weight is 326 g/mol. The molecule has 23 heavy (non-hydrogen) atoms. The third-order valence-corrected chi connectivity index (χ3v) is 5.29. The minimum absolute atomic E-state index is 0.319. The predicted molar refractivity (Wildman–Crippen MR) is 95.6 cm³/mol. The van der Waals surface area contributed by atoms with Gasteiger partial charge in [-0.1, -0.05) is 17.7 Å². The lowest BCUT2D eigenvalue weighted by Crippen LogP contribution is -2.34. The van der Waals surface area contributed by atoms with Crippen molar-refractivity contribution in [2.75, 3.05) is 11.4 Å². The van der Waals surface area contributed by atoms with E-state index in [1.165, 1.54) is 22.5 Å². The fourth-order valence-electron chi connectivity index (χ4n) is 3.64. The van der Waals surface area contributed by atoms with E-state index in [-0.39, 0.29) is 0 Å². The number of imidazole rings is 1. The van der Waals surface area contributed by atoms with Gasteiger partial charge in [0.2, 0.25) is 0 Å². The molecular formula is C19H20ClN3. The smallest absolute Gasteiger partial charge is 0.160 e. The molecule has 0 radical (unpaired) electrons. The van der Waals surface area contributed by atoms with Gasteiger partial charge in [0, 0.05) is 23.5 Å². The molecule has 0 fully saturated rings. The van der Waals surface area contributed by atoms with Gasteiger partial charge in [-0.3, -0.25) is 0 Å². The molecule has 4 rings (SSSR count). The lowest BCUT2D eigenvalue weighted by Gasteiger charge is -2.37. The van der Waals surface area contributed by atoms with Crippen LogP contribution in [0.25, 0.3) is 5.65 Å². The Kier molecular flexibility index (Phi) is 3.34. The fourth-order valence-corrected chi connectivity index (χ4v) is 3.83. The van der Waals surface area contributed by atoms with Crippen LogP contribution in [0.5, 0.6) is 0 Å². The number of aromatic nitrogens is 2. The van der Waals surface area contributed by atoms with Crippen LogP contribution in [0.3, 0.4) is 0 Å². The van der Waals surface area contributed by atoms with Crippen molar-refractivity contribution in [3.63, 3.8) is 0 Å². The maximum atomic E-state index is 6.15. The van der Waals surface area contributed by atoms with E-state index < -0.39 is 0 Å². The molecule has 0 aliphatic carbocycles. The highest BCUT2D eigenvalue weighted by Crippen LogP contribution is 2.36. The summed E-state index contributed by atoms with van der Waals surface area (Å²) in [5.74, 6) is 0. The van der Waals surface area contributed by atoms with Crippen LogP contribution in [0.4, 0.5) is 5.69 Å². The maximum absolute atomic E-state index is 6.15. The van der Waals surface area contributed by atoms with Crippen LogP contribution >= 0.6 is 11.6 Å². The molecule has 1 atom stereocenters. The first-order valence-electron chi connectivity index (χ1n) is 8.05. The standard InChI is InChI=1S/C19H20ClN3/c1-12-13(2)23-9-4-5-18(19(23)21-12)22-10-8-15-11-16(20)6-7-17(15)14(22)3/h4-7,9,11,14H,8,10H2,1-3H3. The quantitative estimate of drug-likeness (QED) is 0.645. The topological polar surface area (TPSA) is 20.5 Å². The number of fused-ring (bicyclic) bond motifs is 2. The first-order chi connectivity index (χ1) is 11.1. The Labute approximate surface area is 141 Å². The van der Waals surface area contributed by atoms with E-state index in [1.807, 2.05) is 6.07 Å². The van der Waals surface area contributed by atoms with Gasteiger partial charge in [0.15, 0.2) is 5.65 Å². The highest BCUT2D eigenvalue weighted by atomic mass is 35.5. The number of pyridine rings is 1. The first kappa shape index (κ1) is 14.6. The second-order valence-corrected chi connectivity index (χ2v) is 6.77. The number of anilines is 1. The van der Waals surface area contributed by atoms with Crippen LogP contribution in [-0.2, 0) is 6.42 Å². The Bertz CT molecular complexity index is 897. The lowest BCUT2D eigenvalue weighted by atomic mass is 9.93. The summed E-state index contributed by atoms with van der Waals surface area (Å²) >= 11 is 6.15. The molecule has 3 nitrogen and oxygen atoms in total. The number of nitrogens with zero attached hydrogens (tertiary/aromatic N) is 3. The molecule has 4 heteroatoms. The zero-order valence-electron chi connectivity index (χ0n) is 13.7. The van der Waals surface area contributed by atoms with Crippen molar-refractivity contribution in [2.24, 2.45) is 0 Å². The molecule has 1 aromatic carbocycles. The van der Waals surface area contributed by atoms with Crippen LogP contribution in [0.2, 0.25) is 5.02 Å². The van der Waals surface area contributed by atoms with Crippen molar-refractivity contribution < 1.29 is 0 Å². The highest BCUT2D eigenvalue weighted by molar-refractivity contribution is 6.30. The van der Waals surface area contributed by atoms with Crippen molar-refractivity contribution in [1.29, 1.82) is 0 Å². The molecule has 2 aromatic heterocycles. The van der Waals surface area contributed by atoms with E-state index in [1.54, 1.807) is 0 Å². The molecule has 3 aromatic rings. The van der Waals surface area contributed by atoms with E-state index in [4.69, 9.17) is 16.6 Å². The summed E-state index contributed by atoms with van der Waals surface area (Å²) in [7, 11) is 0. The van der Waals surface area contributed by atoms with E-state index in [0.717, 1.165) is 29.3 Å². The molecule has 118 valence electrons. The number of benzene rings is 1. The molecule has 0 saturated heterocycles. The minimum atomic E-state index is 0.319. The van der Waals surface area contributed by atoms with Crippen molar-refractivity contribution >= 4 is 22.9 Å². The van der Waals surface area contributed by atoms with Crippen molar-refractivity contribution in [2.45, 2.75) is 33.2 Å². The number of hydrogen-bond acceptors (Lipinski definition) is 2. The van der Waals surface area contributed by atoms with E-state index in [0.29, 0.717) is 6.04 Å². The third kappa shape index (κ3) is 2.22. The van der Waals surface area contributed by atoms with Crippen molar-refractivity contribution in [3.05, 3.63) is 64.1 Å². The second-order valence-electron chi connectivity index (χ2n) is 6.33. The summed E-state index contributed by atoms with van der Waals surface area (Å²) in [5, 5.41) is 0.825. The van der Waals surface area contributed by atoms with Crippen LogP contribution < -0.4 is 4.90 Å². The van der Waals surface area contributed by atoms with E-state index in [2.05, 4.69) is 60.5 Å². The Morgan fingerprint density at radius 3 is 2.87 bits per heavy atom. The summed E-state index contributed by atoms with van der Waals surface area (Å²) in [6.45, 7) is 7.44. The Morgan fingerprint density at radius 1 is 1.22 bits per heavy atom. The molecule has 0 saturated carbocycles. The summed E-state index contributed by atoms with van der Waals surface area (Å²) in [5.41, 5.74) is 7.28. The summed E-state index contributed by atoms with van der Waals surface area (Å²) < 4.78 is 2.19. The second kappa shape index (κ2) is 5.27. The number of aryl methyl sites for hydroxylation is 2. The number of halogens is 1. The summed E-state index contributed by atoms with van der Waals surface area (Å²) in [4.78, 5) is 7.25. The fraction of sp³-hybridized carbons (Fsp3) is 0.316. The van der Waals surface area contributed by atoms with Crippen LogP contribution in [0, 0.1) is 13.8 Å². The van der Waals surface area contributed by atoms with Crippen LogP contribution in [-0.4, -0.2) is 15.9 Å². The monoisotopic (exact) mass is 325 g/mol. The molecule has 0 spiro atoms. The molecule has 3 heterocycles. The van der Waals surface area contributed by atoms with Crippen LogP contribution in [0.1, 0.15) is 35.5 Å². The van der Waals surface area contributed by atoms with Crippen LogP contribution in [0.15, 0.2) is 36.5 Å². The Balaban J connectivity index is 1.83. The van der Waals surface area contributed by atoms with Gasteiger partial charge in [0.1, 0.15) is 0 Å². The molecule has 1 aliphatic heterocycles. The van der Waals surface area contributed by atoms with E-state index in [9.17, 15) is 0 Å². The van der Waals surface area contributed by atoms with Gasteiger partial charge in [-0.25, -0.2) is 4.98 Å². The van der Waals surface area contributed by atoms with Gasteiger partial charge in [-0.2, -0.15) is 0 Å². The SMILES string of the molecule is Cc1nc2c(N3CCc4cc(Cl)ccc4C3C)cccn2c1C. The molecule has 0 bridgehead atoms. The van der Waals surface area contributed by atoms with Gasteiger partial charge in [0.25, 0.3) is 0 Å². The predicted octanol–water partition coefficient (Wildman–Crippen LogP) is 4.73. The third-order valence-electron chi connectivity index (χ3n) is 5.06. The lowest BCUT2D eigenvalue weighted by molar-refractivity contribution is 0.625. The average Bonchev–Trinajstić information content (AvgIpc) is 2.83. The number of hydrogen-bond donors (Lipinski definition) is 0. The maximum Gasteiger partial charge on any atom is 0.160 e. The van der Waals surface area contributed by atoms with Crippen molar-refractivity contribution in [3.8, 4) is 0 Å². The van der Waals surface area contributed by atoms with Gasteiger partial charge >= 0.3 is 0 Å².